The third-order valence-corrected chi connectivity index (χ3v) is 4.03. The number of hydroxylamine groups is 1. The van der Waals surface area contributed by atoms with Gasteiger partial charge in [0, 0.05) is 12.1 Å². The SMILES string of the molecule is Cc1cccc(N2OC(Nc3ccccc3)CC(C)(C)C2=O)c1. The Morgan fingerprint density at radius 3 is 2.57 bits per heavy atom. The van der Waals surface area contributed by atoms with Crippen LogP contribution in [0.15, 0.2) is 54.6 Å². The molecule has 1 amide bonds. The maximum atomic E-state index is 12.7. The maximum absolute atomic E-state index is 12.7. The molecule has 0 spiro atoms. The number of carbonyl (C=O) groups excluding carboxylic acids is 1. The molecule has 1 aliphatic heterocycles. The summed E-state index contributed by atoms with van der Waals surface area (Å²) in [5.74, 6) is -0.0192. The van der Waals surface area contributed by atoms with Crippen molar-refractivity contribution >= 4 is 17.3 Å². The molecule has 1 heterocycles. The van der Waals surface area contributed by atoms with Crippen molar-refractivity contribution in [2.45, 2.75) is 33.4 Å². The second kappa shape index (κ2) is 6.05. The lowest BCUT2D eigenvalue weighted by atomic mass is 9.86. The Hall–Kier alpha value is -2.33. The van der Waals surface area contributed by atoms with Crippen molar-refractivity contribution in [1.29, 1.82) is 0 Å². The predicted molar refractivity (Wildman–Crippen MR) is 92.0 cm³/mol. The minimum absolute atomic E-state index is 0.0192. The van der Waals surface area contributed by atoms with Gasteiger partial charge in [-0.05, 0) is 36.8 Å². The van der Waals surface area contributed by atoms with E-state index in [2.05, 4.69) is 5.32 Å². The van der Waals surface area contributed by atoms with Crippen molar-refractivity contribution in [2.75, 3.05) is 10.4 Å². The van der Waals surface area contributed by atoms with Crippen LogP contribution in [0.1, 0.15) is 25.8 Å². The van der Waals surface area contributed by atoms with Gasteiger partial charge in [-0.15, -0.1) is 0 Å². The van der Waals surface area contributed by atoms with Gasteiger partial charge in [-0.1, -0.05) is 44.2 Å². The minimum Gasteiger partial charge on any atom is -0.358 e. The van der Waals surface area contributed by atoms with E-state index in [1.807, 2.05) is 75.4 Å². The van der Waals surface area contributed by atoms with Crippen LogP contribution in [0.2, 0.25) is 0 Å². The minimum atomic E-state index is -0.492. The standard InChI is InChI=1S/C19H22N2O2/c1-14-8-7-11-16(12-14)21-18(22)19(2,3)13-17(23-21)20-15-9-5-4-6-10-15/h4-12,17,20H,13H2,1-3H3. The van der Waals surface area contributed by atoms with Gasteiger partial charge in [0.1, 0.15) is 0 Å². The molecule has 0 bridgehead atoms. The Balaban J connectivity index is 1.86. The van der Waals surface area contributed by atoms with Gasteiger partial charge in [-0.25, -0.2) is 4.84 Å². The van der Waals surface area contributed by atoms with Crippen LogP contribution in [-0.2, 0) is 9.63 Å². The normalized spacial score (nSPS) is 20.4. The Morgan fingerprint density at radius 2 is 1.87 bits per heavy atom. The zero-order valence-electron chi connectivity index (χ0n) is 13.7. The number of rotatable bonds is 3. The average Bonchev–Trinajstić information content (AvgIpc) is 2.51. The van der Waals surface area contributed by atoms with Crippen LogP contribution in [0.25, 0.3) is 0 Å². The summed E-state index contributed by atoms with van der Waals surface area (Å²) >= 11 is 0. The zero-order chi connectivity index (χ0) is 16.4. The number of hydrogen-bond acceptors (Lipinski definition) is 3. The molecule has 23 heavy (non-hydrogen) atoms. The molecule has 4 heteroatoms. The predicted octanol–water partition coefficient (Wildman–Crippen LogP) is 4.13. The Bertz CT molecular complexity index is 698. The van der Waals surface area contributed by atoms with Crippen molar-refractivity contribution in [3.63, 3.8) is 0 Å². The summed E-state index contributed by atoms with van der Waals surface area (Å²) in [6, 6.07) is 17.7. The first-order chi connectivity index (χ1) is 11.0. The quantitative estimate of drug-likeness (QED) is 0.927. The van der Waals surface area contributed by atoms with Gasteiger partial charge in [-0.3, -0.25) is 4.79 Å². The number of amides is 1. The van der Waals surface area contributed by atoms with E-state index < -0.39 is 5.41 Å². The van der Waals surface area contributed by atoms with Crippen LogP contribution < -0.4 is 10.4 Å². The van der Waals surface area contributed by atoms with Crippen LogP contribution in [0.5, 0.6) is 0 Å². The fourth-order valence-electron chi connectivity index (χ4n) is 2.77. The summed E-state index contributed by atoms with van der Waals surface area (Å²) in [5.41, 5.74) is 2.35. The lowest BCUT2D eigenvalue weighted by Crippen LogP contribution is -2.52. The zero-order valence-corrected chi connectivity index (χ0v) is 13.7. The van der Waals surface area contributed by atoms with Crippen LogP contribution in [0, 0.1) is 12.3 Å². The molecule has 0 aromatic heterocycles. The summed E-state index contributed by atoms with van der Waals surface area (Å²) < 4.78 is 0. The van der Waals surface area contributed by atoms with Gasteiger partial charge < -0.3 is 5.32 Å². The molecular formula is C19H22N2O2. The van der Waals surface area contributed by atoms with Gasteiger partial charge in [-0.2, -0.15) is 5.06 Å². The number of hydrogen-bond donors (Lipinski definition) is 1. The Labute approximate surface area is 137 Å². The van der Waals surface area contributed by atoms with Gasteiger partial charge in [0.2, 0.25) is 0 Å². The second-order valence-corrected chi connectivity index (χ2v) is 6.63. The fraction of sp³-hybridized carbons (Fsp3) is 0.316. The molecule has 2 aromatic rings. The number of para-hydroxylation sites is 1. The topological polar surface area (TPSA) is 41.6 Å². The summed E-state index contributed by atoms with van der Waals surface area (Å²) in [4.78, 5) is 18.7. The first-order valence-corrected chi connectivity index (χ1v) is 7.85. The molecule has 2 aromatic carbocycles. The van der Waals surface area contributed by atoms with Crippen molar-refractivity contribution in [3.8, 4) is 0 Å². The Kier molecular flexibility index (Phi) is 4.09. The van der Waals surface area contributed by atoms with Crippen LogP contribution in [0.3, 0.4) is 0 Å². The molecule has 1 N–H and O–H groups in total. The van der Waals surface area contributed by atoms with Gasteiger partial charge in [0.05, 0.1) is 11.1 Å². The van der Waals surface area contributed by atoms with Crippen molar-refractivity contribution in [3.05, 3.63) is 60.2 Å². The molecule has 1 saturated heterocycles. The average molecular weight is 310 g/mol. The van der Waals surface area contributed by atoms with Gasteiger partial charge in [0.25, 0.3) is 5.91 Å². The fourth-order valence-corrected chi connectivity index (χ4v) is 2.77. The highest BCUT2D eigenvalue weighted by molar-refractivity contribution is 5.96. The smallest absolute Gasteiger partial charge is 0.256 e. The monoisotopic (exact) mass is 310 g/mol. The summed E-state index contributed by atoms with van der Waals surface area (Å²) in [6.45, 7) is 5.92. The summed E-state index contributed by atoms with van der Waals surface area (Å²) in [6.07, 6.45) is 0.355. The largest absolute Gasteiger partial charge is 0.358 e. The van der Waals surface area contributed by atoms with Crippen LogP contribution in [-0.4, -0.2) is 12.1 Å². The van der Waals surface area contributed by atoms with E-state index in [1.165, 1.54) is 5.06 Å². The van der Waals surface area contributed by atoms with Crippen molar-refractivity contribution < 1.29 is 9.63 Å². The van der Waals surface area contributed by atoms with Crippen molar-refractivity contribution in [1.82, 2.24) is 0 Å². The van der Waals surface area contributed by atoms with E-state index in [4.69, 9.17) is 4.84 Å². The third kappa shape index (κ3) is 3.37. The number of benzene rings is 2. The molecule has 1 atom stereocenters. The molecule has 3 rings (SSSR count). The van der Waals surface area contributed by atoms with E-state index in [9.17, 15) is 4.79 Å². The van der Waals surface area contributed by atoms with E-state index in [0.717, 1.165) is 16.9 Å². The highest BCUT2D eigenvalue weighted by Crippen LogP contribution is 2.35. The second-order valence-electron chi connectivity index (χ2n) is 6.63. The van der Waals surface area contributed by atoms with Crippen molar-refractivity contribution in [2.24, 2.45) is 5.41 Å². The number of anilines is 2. The van der Waals surface area contributed by atoms with E-state index >= 15 is 0 Å². The first kappa shape index (κ1) is 15.6. The highest BCUT2D eigenvalue weighted by Gasteiger charge is 2.42. The highest BCUT2D eigenvalue weighted by atomic mass is 16.7. The number of carbonyl (C=O) groups is 1. The van der Waals surface area contributed by atoms with E-state index in [0.29, 0.717) is 6.42 Å². The van der Waals surface area contributed by atoms with E-state index in [-0.39, 0.29) is 12.1 Å². The Morgan fingerprint density at radius 1 is 1.13 bits per heavy atom. The van der Waals surface area contributed by atoms with Crippen LogP contribution >= 0.6 is 0 Å². The molecule has 1 fully saturated rings. The molecule has 0 radical (unpaired) electrons. The molecule has 0 aliphatic carbocycles. The number of nitrogens with zero attached hydrogens (tertiary/aromatic N) is 1. The lowest BCUT2D eigenvalue weighted by molar-refractivity contribution is -0.147. The number of nitrogens with one attached hydrogen (secondary N) is 1. The van der Waals surface area contributed by atoms with Crippen LogP contribution in [0.4, 0.5) is 11.4 Å². The molecule has 1 aliphatic rings. The third-order valence-electron chi connectivity index (χ3n) is 4.03. The van der Waals surface area contributed by atoms with Gasteiger partial charge in [0.15, 0.2) is 6.23 Å². The molecule has 0 saturated carbocycles. The lowest BCUT2D eigenvalue weighted by Gasteiger charge is -2.41. The van der Waals surface area contributed by atoms with E-state index in [1.54, 1.807) is 0 Å². The molecular weight excluding hydrogens is 288 g/mol. The first-order valence-electron chi connectivity index (χ1n) is 7.85. The summed E-state index contributed by atoms with van der Waals surface area (Å²) in [7, 11) is 0. The molecule has 1 unspecified atom stereocenters. The summed E-state index contributed by atoms with van der Waals surface area (Å²) in [5, 5.41) is 4.78. The number of aryl methyl sites for hydroxylation is 1. The molecule has 4 nitrogen and oxygen atoms in total. The van der Waals surface area contributed by atoms with Gasteiger partial charge >= 0.3 is 0 Å². The maximum Gasteiger partial charge on any atom is 0.256 e. The molecule has 120 valence electrons.